The van der Waals surface area contributed by atoms with Gasteiger partial charge in [0, 0.05) is 23.7 Å². The van der Waals surface area contributed by atoms with Crippen LogP contribution in [0, 0.1) is 0 Å². The molecule has 28 heavy (non-hydrogen) atoms. The molecule has 0 N–H and O–H groups in total. The number of ether oxygens (including phenoxy) is 3. The zero-order valence-corrected chi connectivity index (χ0v) is 16.6. The zero-order chi connectivity index (χ0) is 20.6. The summed E-state index contributed by atoms with van der Waals surface area (Å²) in [6.07, 6.45) is -1.49. The first-order chi connectivity index (χ1) is 13.3. The summed E-state index contributed by atoms with van der Waals surface area (Å²) in [5, 5.41) is 0.396. The van der Waals surface area contributed by atoms with Gasteiger partial charge in [-0.3, -0.25) is 0 Å². The minimum Gasteiger partial charge on any atom is -0.493 e. The molecular formula is C18H15Cl3F3NO3. The van der Waals surface area contributed by atoms with E-state index in [1.54, 1.807) is 18.2 Å². The Morgan fingerprint density at radius 1 is 1.04 bits per heavy atom. The standard InChI is InChI=1S/C18H15Cl3F3NO3/c19-12-9-13(11-14(10-12)27-8-4-16(20)21)26-6-2-7-28-17-15(18(22,23)24)3-1-5-25-17/h1,3-5,9-11H,2,6-8H2. The van der Waals surface area contributed by atoms with Crippen LogP contribution < -0.4 is 14.2 Å². The molecule has 152 valence electrons. The molecule has 0 radical (unpaired) electrons. The Kier molecular flexibility index (Phi) is 8.54. The van der Waals surface area contributed by atoms with E-state index in [0.29, 0.717) is 22.9 Å². The number of alkyl halides is 3. The third-order valence-electron chi connectivity index (χ3n) is 3.21. The molecule has 0 aliphatic heterocycles. The van der Waals surface area contributed by atoms with Gasteiger partial charge >= 0.3 is 6.18 Å². The molecule has 0 aliphatic carbocycles. The van der Waals surface area contributed by atoms with Crippen molar-refractivity contribution in [1.29, 1.82) is 0 Å². The fourth-order valence-corrected chi connectivity index (χ4v) is 2.38. The van der Waals surface area contributed by atoms with E-state index in [9.17, 15) is 13.2 Å². The molecule has 0 bridgehead atoms. The molecule has 2 rings (SSSR count). The summed E-state index contributed by atoms with van der Waals surface area (Å²) >= 11 is 17.0. The first-order valence-electron chi connectivity index (χ1n) is 7.98. The summed E-state index contributed by atoms with van der Waals surface area (Å²) in [5.74, 6) is 0.435. The molecular weight excluding hydrogens is 442 g/mol. The van der Waals surface area contributed by atoms with E-state index in [4.69, 9.17) is 49.0 Å². The Labute approximate surface area is 174 Å². The van der Waals surface area contributed by atoms with Crippen molar-refractivity contribution < 1.29 is 27.4 Å². The highest BCUT2D eigenvalue weighted by atomic mass is 35.5. The molecule has 4 nitrogen and oxygen atoms in total. The lowest BCUT2D eigenvalue weighted by Crippen LogP contribution is -2.12. The Bertz CT molecular complexity index is 812. The lowest BCUT2D eigenvalue weighted by atomic mass is 10.2. The topological polar surface area (TPSA) is 40.6 Å². The quantitative estimate of drug-likeness (QED) is 0.415. The molecule has 0 atom stereocenters. The van der Waals surface area contributed by atoms with E-state index in [1.807, 2.05) is 0 Å². The molecule has 0 saturated carbocycles. The van der Waals surface area contributed by atoms with E-state index in [-0.39, 0.29) is 24.3 Å². The summed E-state index contributed by atoms with van der Waals surface area (Å²) in [7, 11) is 0. The average molecular weight is 457 g/mol. The van der Waals surface area contributed by atoms with Crippen LogP contribution in [0.25, 0.3) is 0 Å². The molecule has 1 aromatic carbocycles. The number of pyridine rings is 1. The predicted molar refractivity (Wildman–Crippen MR) is 102 cm³/mol. The number of nitrogens with zero attached hydrogens (tertiary/aromatic N) is 1. The number of hydrogen-bond donors (Lipinski definition) is 0. The van der Waals surface area contributed by atoms with Crippen molar-refractivity contribution in [2.75, 3.05) is 19.8 Å². The third kappa shape index (κ3) is 7.66. The second-order valence-electron chi connectivity index (χ2n) is 5.33. The van der Waals surface area contributed by atoms with Gasteiger partial charge in [0.05, 0.1) is 13.2 Å². The highest BCUT2D eigenvalue weighted by molar-refractivity contribution is 6.55. The van der Waals surface area contributed by atoms with Gasteiger partial charge in [-0.1, -0.05) is 34.8 Å². The van der Waals surface area contributed by atoms with Gasteiger partial charge in [0.1, 0.15) is 28.2 Å². The van der Waals surface area contributed by atoms with Crippen LogP contribution in [0.1, 0.15) is 12.0 Å². The van der Waals surface area contributed by atoms with Crippen LogP contribution >= 0.6 is 34.8 Å². The van der Waals surface area contributed by atoms with Crippen molar-refractivity contribution in [1.82, 2.24) is 4.98 Å². The maximum absolute atomic E-state index is 12.9. The highest BCUT2D eigenvalue weighted by Gasteiger charge is 2.34. The van der Waals surface area contributed by atoms with Crippen LogP contribution in [0.15, 0.2) is 47.1 Å². The minimum atomic E-state index is -4.53. The van der Waals surface area contributed by atoms with Gasteiger partial charge in [-0.25, -0.2) is 4.98 Å². The van der Waals surface area contributed by atoms with E-state index in [1.165, 1.54) is 18.3 Å². The summed E-state index contributed by atoms with van der Waals surface area (Å²) in [5.41, 5.74) is -0.918. The molecule has 2 aromatic rings. The van der Waals surface area contributed by atoms with Crippen molar-refractivity contribution in [3.05, 3.63) is 57.7 Å². The maximum Gasteiger partial charge on any atom is 0.421 e. The Morgan fingerprint density at radius 3 is 2.39 bits per heavy atom. The normalized spacial score (nSPS) is 11.1. The zero-order valence-electron chi connectivity index (χ0n) is 14.3. The summed E-state index contributed by atoms with van der Waals surface area (Å²) in [4.78, 5) is 3.62. The van der Waals surface area contributed by atoms with Crippen molar-refractivity contribution in [3.8, 4) is 17.4 Å². The van der Waals surface area contributed by atoms with E-state index >= 15 is 0 Å². The van der Waals surface area contributed by atoms with Crippen molar-refractivity contribution >= 4 is 34.8 Å². The molecule has 0 spiro atoms. The van der Waals surface area contributed by atoms with Gasteiger partial charge in [0.2, 0.25) is 5.88 Å². The maximum atomic E-state index is 12.9. The van der Waals surface area contributed by atoms with Crippen molar-refractivity contribution in [2.45, 2.75) is 12.6 Å². The lowest BCUT2D eigenvalue weighted by molar-refractivity contribution is -0.139. The molecule has 0 aliphatic rings. The first-order valence-corrected chi connectivity index (χ1v) is 9.11. The van der Waals surface area contributed by atoms with Crippen LogP contribution in [0.5, 0.6) is 17.4 Å². The smallest absolute Gasteiger partial charge is 0.421 e. The molecule has 0 unspecified atom stereocenters. The van der Waals surface area contributed by atoms with Crippen LogP contribution in [-0.2, 0) is 6.18 Å². The van der Waals surface area contributed by atoms with Gasteiger partial charge in [-0.05, 0) is 30.3 Å². The third-order valence-corrected chi connectivity index (χ3v) is 3.73. The molecule has 1 aromatic heterocycles. The Hall–Kier alpha value is -1.83. The van der Waals surface area contributed by atoms with Crippen molar-refractivity contribution in [2.24, 2.45) is 0 Å². The number of benzene rings is 1. The summed E-state index contributed by atoms with van der Waals surface area (Å²) in [6.45, 7) is 0.353. The summed E-state index contributed by atoms with van der Waals surface area (Å²) in [6, 6.07) is 6.91. The van der Waals surface area contributed by atoms with Gasteiger partial charge in [0.25, 0.3) is 0 Å². The van der Waals surface area contributed by atoms with Gasteiger partial charge in [0.15, 0.2) is 0 Å². The second kappa shape index (κ2) is 10.6. The van der Waals surface area contributed by atoms with E-state index in [2.05, 4.69) is 4.98 Å². The molecule has 1 heterocycles. The SMILES string of the molecule is FC(F)(F)c1cccnc1OCCCOc1cc(Cl)cc(OCC=C(Cl)Cl)c1. The van der Waals surface area contributed by atoms with E-state index in [0.717, 1.165) is 6.07 Å². The predicted octanol–water partition coefficient (Wildman–Crippen LogP) is 6.30. The van der Waals surface area contributed by atoms with E-state index < -0.39 is 17.6 Å². The highest BCUT2D eigenvalue weighted by Crippen LogP contribution is 2.34. The fraction of sp³-hybridized carbons (Fsp3) is 0.278. The average Bonchev–Trinajstić information content (AvgIpc) is 2.60. The molecule has 10 heteroatoms. The van der Waals surface area contributed by atoms with Crippen LogP contribution in [0.3, 0.4) is 0 Å². The first kappa shape index (κ1) is 22.5. The van der Waals surface area contributed by atoms with Gasteiger partial charge in [-0.2, -0.15) is 13.2 Å². The fourth-order valence-electron chi connectivity index (χ4n) is 2.04. The van der Waals surface area contributed by atoms with Crippen molar-refractivity contribution in [3.63, 3.8) is 0 Å². The van der Waals surface area contributed by atoms with Gasteiger partial charge < -0.3 is 14.2 Å². The number of rotatable bonds is 9. The number of hydrogen-bond acceptors (Lipinski definition) is 4. The lowest BCUT2D eigenvalue weighted by Gasteiger charge is -2.13. The second-order valence-corrected chi connectivity index (χ2v) is 6.78. The van der Waals surface area contributed by atoms with Gasteiger partial charge in [-0.15, -0.1) is 0 Å². The molecule has 0 saturated heterocycles. The Balaban J connectivity index is 1.83. The van der Waals surface area contributed by atoms with Crippen LogP contribution in [0.4, 0.5) is 13.2 Å². The number of aromatic nitrogens is 1. The monoisotopic (exact) mass is 455 g/mol. The minimum absolute atomic E-state index is 0.00301. The summed E-state index contributed by atoms with van der Waals surface area (Å²) < 4.78 is 54.8. The number of halogens is 6. The van der Waals surface area contributed by atoms with Crippen LogP contribution in [-0.4, -0.2) is 24.8 Å². The molecule has 0 fully saturated rings. The largest absolute Gasteiger partial charge is 0.493 e. The van der Waals surface area contributed by atoms with Crippen LogP contribution in [0.2, 0.25) is 5.02 Å². The molecule has 0 amide bonds. The Morgan fingerprint density at radius 2 is 1.71 bits per heavy atom.